The van der Waals surface area contributed by atoms with E-state index in [1.165, 1.54) is 41.5 Å². The normalized spacial score (nSPS) is 13.2. The van der Waals surface area contributed by atoms with Gasteiger partial charge in [0, 0.05) is 0 Å². The van der Waals surface area contributed by atoms with Crippen molar-refractivity contribution in [2.75, 3.05) is 0 Å². The average Bonchev–Trinajstić information content (AvgIpc) is 2.98. The molecule has 0 aromatic heterocycles. The van der Waals surface area contributed by atoms with Gasteiger partial charge in [-0.25, -0.2) is 0 Å². The standard InChI is InChI=1S/C26H33Si.3ClH.Ti/c1-7-8-10-23-11-9-12-26(23)27(6,24-15-19(2)13-20(3)16-24)25-17-21(4)14-22(5)18-25;;;;/h12-18H,7-10H2,1-6H3;3*1H;/q;;;;+3/p-3. The molecule has 1 aliphatic rings. The van der Waals surface area contributed by atoms with Crippen LogP contribution in [0.5, 0.6) is 0 Å². The molecular formula is C26H33Cl3SiTi. The van der Waals surface area contributed by atoms with Gasteiger partial charge in [-0.3, -0.25) is 0 Å². The van der Waals surface area contributed by atoms with E-state index in [0.29, 0.717) is 0 Å². The van der Waals surface area contributed by atoms with Crippen LogP contribution in [-0.4, -0.2) is 8.07 Å². The number of aryl methyl sites for hydroxylation is 4. The molecule has 0 saturated carbocycles. The Bertz CT molecular complexity index is 871. The molecule has 0 unspecified atom stereocenters. The fourth-order valence-corrected chi connectivity index (χ4v) is 9.93. The summed E-state index contributed by atoms with van der Waals surface area (Å²) in [6.45, 7) is 13.9. The molecular weight excluding hydrogens is 495 g/mol. The zero-order valence-corrected chi connectivity index (χ0v) is 24.3. The molecule has 0 N–H and O–H groups in total. The van der Waals surface area contributed by atoms with E-state index in [1.807, 2.05) is 0 Å². The molecule has 0 saturated heterocycles. The number of benzene rings is 2. The second kappa shape index (κ2) is 12.8. The molecule has 0 heterocycles. The summed E-state index contributed by atoms with van der Waals surface area (Å²) in [5.74, 6) is 0. The first-order valence-electron chi connectivity index (χ1n) is 10.6. The van der Waals surface area contributed by atoms with Crippen molar-refractivity contribution < 1.29 is 57.7 Å². The average molecular weight is 528 g/mol. The smallest absolute Gasteiger partial charge is 1.00 e. The molecule has 2 aromatic rings. The molecule has 1 aliphatic carbocycles. The fraction of sp³-hybridized carbons (Fsp3) is 0.385. The zero-order chi connectivity index (χ0) is 20.5. The summed E-state index contributed by atoms with van der Waals surface area (Å²) in [6, 6.07) is 14.5. The minimum absolute atomic E-state index is 0. The molecule has 3 rings (SSSR count). The number of allylic oxidation sites excluding steroid dienone is 4. The van der Waals surface area contributed by atoms with Crippen molar-refractivity contribution in [3.8, 4) is 0 Å². The first-order chi connectivity index (χ1) is 13.3. The third kappa shape index (κ3) is 6.62. The maximum absolute atomic E-state index is 2.59. The number of halogens is 3. The van der Waals surface area contributed by atoms with Gasteiger partial charge in [-0.1, -0.05) is 0 Å². The van der Waals surface area contributed by atoms with Gasteiger partial charge in [-0.05, 0) is 0 Å². The first kappa shape index (κ1) is 30.7. The summed E-state index contributed by atoms with van der Waals surface area (Å²) in [6.07, 6.45) is 7.48. The van der Waals surface area contributed by atoms with E-state index in [0.717, 1.165) is 6.42 Å². The van der Waals surface area contributed by atoms with E-state index in [4.69, 9.17) is 0 Å². The Morgan fingerprint density at radius 1 is 0.774 bits per heavy atom. The molecule has 5 heteroatoms. The van der Waals surface area contributed by atoms with Crippen LogP contribution in [0.1, 0.15) is 54.9 Å². The van der Waals surface area contributed by atoms with Crippen LogP contribution >= 0.6 is 0 Å². The summed E-state index contributed by atoms with van der Waals surface area (Å²) < 4.78 is 1.59. The number of hydrogen-bond acceptors (Lipinski definition) is 0. The van der Waals surface area contributed by atoms with Crippen LogP contribution in [0.25, 0.3) is 0 Å². The van der Waals surface area contributed by atoms with Crippen molar-refractivity contribution >= 4 is 18.4 Å². The van der Waals surface area contributed by atoms with Crippen molar-refractivity contribution in [1.82, 2.24) is 0 Å². The van der Waals surface area contributed by atoms with Gasteiger partial charge in [0.2, 0.25) is 0 Å². The molecule has 2 aromatic carbocycles. The van der Waals surface area contributed by atoms with Crippen molar-refractivity contribution in [2.24, 2.45) is 0 Å². The molecule has 0 spiro atoms. The second-order valence-corrected chi connectivity index (χ2v) is 13.6. The monoisotopic (exact) mass is 526 g/mol. The Morgan fingerprint density at radius 3 is 1.58 bits per heavy atom. The zero-order valence-electron chi connectivity index (χ0n) is 19.5. The van der Waals surface area contributed by atoms with Gasteiger partial charge in [0.15, 0.2) is 0 Å². The summed E-state index contributed by atoms with van der Waals surface area (Å²) in [7, 11) is -2.05. The molecule has 0 radical (unpaired) electrons. The van der Waals surface area contributed by atoms with E-state index in [9.17, 15) is 0 Å². The quantitative estimate of drug-likeness (QED) is 0.351. The van der Waals surface area contributed by atoms with Crippen LogP contribution in [0.15, 0.2) is 57.1 Å². The summed E-state index contributed by atoms with van der Waals surface area (Å²) in [5, 5.41) is 4.79. The summed E-state index contributed by atoms with van der Waals surface area (Å²) >= 11 is 2.35. The minimum atomic E-state index is -2.05. The Labute approximate surface area is 221 Å². The third-order valence-corrected chi connectivity index (χ3v) is 11.4. The number of hydrogen-bond donors (Lipinski definition) is 0. The number of rotatable bonds is 6. The van der Waals surface area contributed by atoms with Gasteiger partial charge in [0.05, 0.1) is 0 Å². The molecule has 0 fully saturated rings. The molecule has 0 atom stereocenters. The largest absolute Gasteiger partial charge is 1.00 e. The van der Waals surface area contributed by atoms with Gasteiger partial charge in [-0.2, -0.15) is 0 Å². The Morgan fingerprint density at radius 2 is 1.19 bits per heavy atom. The van der Waals surface area contributed by atoms with Crippen LogP contribution in [0.4, 0.5) is 0 Å². The SMILES string of the molecule is CCCCC1=[C]([Ti+3])CC=C1[Si](C)(c1cc(C)cc(C)c1)c1cc(C)cc(C)c1.[Cl-].[Cl-].[Cl-]. The van der Waals surface area contributed by atoms with Crippen LogP contribution < -0.4 is 47.6 Å². The van der Waals surface area contributed by atoms with Crippen molar-refractivity contribution in [2.45, 2.75) is 66.8 Å². The van der Waals surface area contributed by atoms with Crippen molar-refractivity contribution in [1.29, 1.82) is 0 Å². The van der Waals surface area contributed by atoms with E-state index in [2.05, 4.69) is 104 Å². The van der Waals surface area contributed by atoms with Gasteiger partial charge in [0.1, 0.15) is 0 Å². The molecule has 0 bridgehead atoms. The van der Waals surface area contributed by atoms with Crippen LogP contribution in [-0.2, 0) is 20.4 Å². The van der Waals surface area contributed by atoms with E-state index < -0.39 is 8.07 Å². The van der Waals surface area contributed by atoms with E-state index in [-0.39, 0.29) is 37.2 Å². The third-order valence-electron chi connectivity index (χ3n) is 6.12. The molecule has 0 nitrogen and oxygen atoms in total. The van der Waals surface area contributed by atoms with Crippen LogP contribution in [0, 0.1) is 27.7 Å². The van der Waals surface area contributed by atoms with Crippen LogP contribution in [0.2, 0.25) is 6.55 Å². The van der Waals surface area contributed by atoms with Crippen molar-refractivity contribution in [3.05, 3.63) is 79.4 Å². The molecule has 0 amide bonds. The Balaban J connectivity index is 0.00000300. The topological polar surface area (TPSA) is 0 Å². The molecule has 31 heavy (non-hydrogen) atoms. The van der Waals surface area contributed by atoms with Gasteiger partial charge < -0.3 is 37.2 Å². The maximum Gasteiger partial charge on any atom is -1.00 e. The van der Waals surface area contributed by atoms with Gasteiger partial charge in [0.25, 0.3) is 0 Å². The Hall–Kier alpha value is -0.279. The predicted octanol–water partition coefficient (Wildman–Crippen LogP) is -3.01. The Kier molecular flexibility index (Phi) is 12.7. The maximum atomic E-state index is 2.59. The van der Waals surface area contributed by atoms with Crippen LogP contribution in [0.3, 0.4) is 0 Å². The summed E-state index contributed by atoms with van der Waals surface area (Å²) in [4.78, 5) is 0. The number of unbranched alkanes of at least 4 members (excludes halogenated alkanes) is 1. The molecule has 0 aliphatic heterocycles. The van der Waals surface area contributed by atoms with Crippen molar-refractivity contribution in [3.63, 3.8) is 0 Å². The van der Waals surface area contributed by atoms with Gasteiger partial charge >= 0.3 is 185 Å². The van der Waals surface area contributed by atoms with Gasteiger partial charge in [-0.15, -0.1) is 0 Å². The fourth-order valence-electron chi connectivity index (χ4n) is 4.76. The van der Waals surface area contributed by atoms with E-state index >= 15 is 0 Å². The predicted molar refractivity (Wildman–Crippen MR) is 122 cm³/mol. The minimum Gasteiger partial charge on any atom is -1.00 e. The van der Waals surface area contributed by atoms with E-state index in [1.54, 1.807) is 25.0 Å². The summed E-state index contributed by atoms with van der Waals surface area (Å²) in [5.41, 5.74) is 7.19. The second-order valence-electron chi connectivity index (χ2n) is 8.76. The molecule has 166 valence electrons. The first-order valence-corrected chi connectivity index (χ1v) is 13.9.